The van der Waals surface area contributed by atoms with Gasteiger partial charge in [0.2, 0.25) is 0 Å². The van der Waals surface area contributed by atoms with Crippen LogP contribution in [0.2, 0.25) is 0 Å². The van der Waals surface area contributed by atoms with Gasteiger partial charge in [-0.3, -0.25) is 4.79 Å². The molecule has 1 N–H and O–H groups in total. The number of nitrogens with one attached hydrogen (secondary N) is 1. The highest BCUT2D eigenvalue weighted by Crippen LogP contribution is 2.20. The smallest absolute Gasteiger partial charge is 0.262 e. The number of hydrogen-bond donors (Lipinski definition) is 1. The fourth-order valence-electron chi connectivity index (χ4n) is 2.85. The van der Waals surface area contributed by atoms with E-state index in [0.717, 1.165) is 21.3 Å². The molecule has 4 rings (SSSR count). The van der Waals surface area contributed by atoms with Gasteiger partial charge < -0.3 is 4.98 Å². The molecule has 2 heterocycles. The van der Waals surface area contributed by atoms with E-state index < -0.39 is 0 Å². The van der Waals surface area contributed by atoms with E-state index in [1.165, 1.54) is 0 Å². The first kappa shape index (κ1) is 15.8. The summed E-state index contributed by atoms with van der Waals surface area (Å²) in [4.78, 5) is 20.0. The van der Waals surface area contributed by atoms with Crippen molar-refractivity contribution < 1.29 is 0 Å². The lowest BCUT2D eigenvalue weighted by Gasteiger charge is -2.08. The molecule has 0 saturated heterocycles. The maximum Gasteiger partial charge on any atom is 0.262 e. The third kappa shape index (κ3) is 2.89. The zero-order valence-electron chi connectivity index (χ0n) is 13.5. The van der Waals surface area contributed by atoms with Crippen LogP contribution in [-0.4, -0.2) is 19.7 Å². The van der Waals surface area contributed by atoms with Crippen molar-refractivity contribution in [3.05, 3.63) is 86.5 Å². The molecule has 2 aromatic heterocycles. The molecule has 0 aliphatic heterocycles. The van der Waals surface area contributed by atoms with Crippen LogP contribution in [0.1, 0.15) is 17.0 Å². The number of aromatic amines is 1. The van der Waals surface area contributed by atoms with Crippen LogP contribution < -0.4 is 5.56 Å². The van der Waals surface area contributed by atoms with Gasteiger partial charge in [-0.1, -0.05) is 52.3 Å². The van der Waals surface area contributed by atoms with Gasteiger partial charge in [0.1, 0.15) is 11.2 Å². The molecule has 0 unspecified atom stereocenters. The number of aromatic nitrogens is 4. The van der Waals surface area contributed by atoms with E-state index >= 15 is 0 Å². The molecule has 0 aliphatic carbocycles. The molecule has 0 amide bonds. The van der Waals surface area contributed by atoms with Gasteiger partial charge in [-0.15, -0.1) is 0 Å². The Bertz CT molecular complexity index is 1130. The third-order valence-electron chi connectivity index (χ3n) is 4.15. The number of benzene rings is 2. The van der Waals surface area contributed by atoms with E-state index in [2.05, 4.69) is 31.0 Å². The van der Waals surface area contributed by atoms with Crippen molar-refractivity contribution >= 4 is 27.0 Å². The average Bonchev–Trinajstić information content (AvgIpc) is 3.02. The highest BCUT2D eigenvalue weighted by molar-refractivity contribution is 9.10. The molecule has 5 nitrogen and oxygen atoms in total. The van der Waals surface area contributed by atoms with Gasteiger partial charge in [0.25, 0.3) is 5.56 Å². The highest BCUT2D eigenvalue weighted by atomic mass is 79.9. The van der Waals surface area contributed by atoms with Gasteiger partial charge in [-0.05, 0) is 30.2 Å². The van der Waals surface area contributed by atoms with E-state index in [-0.39, 0.29) is 5.56 Å². The van der Waals surface area contributed by atoms with Crippen molar-refractivity contribution in [1.29, 1.82) is 0 Å². The number of H-pyrrole nitrogens is 1. The molecule has 6 heteroatoms. The first-order valence-corrected chi connectivity index (χ1v) is 8.69. The number of rotatable bonds is 3. The molecule has 4 aromatic rings. The van der Waals surface area contributed by atoms with E-state index in [1.54, 1.807) is 10.9 Å². The van der Waals surface area contributed by atoms with Crippen LogP contribution in [0.5, 0.6) is 0 Å². The minimum atomic E-state index is -0.174. The van der Waals surface area contributed by atoms with Gasteiger partial charge in [0, 0.05) is 10.9 Å². The number of hydrogen-bond acceptors (Lipinski definition) is 3. The summed E-state index contributed by atoms with van der Waals surface area (Å²) in [6.07, 6.45) is 2.10. The summed E-state index contributed by atoms with van der Waals surface area (Å²) in [6, 6.07) is 15.8. The molecule has 0 atom stereocenters. The maximum atomic E-state index is 12.4. The molecule has 124 valence electrons. The Morgan fingerprint density at radius 3 is 2.68 bits per heavy atom. The Balaban J connectivity index is 1.86. The lowest BCUT2D eigenvalue weighted by atomic mass is 10.1. The molecule has 0 aliphatic rings. The first-order chi connectivity index (χ1) is 12.1. The van der Waals surface area contributed by atoms with Crippen LogP contribution in [0.3, 0.4) is 0 Å². The van der Waals surface area contributed by atoms with Crippen LogP contribution in [0.25, 0.3) is 16.7 Å². The molecule has 25 heavy (non-hydrogen) atoms. The van der Waals surface area contributed by atoms with Crippen LogP contribution >= 0.6 is 15.9 Å². The zero-order valence-corrected chi connectivity index (χ0v) is 15.1. The van der Waals surface area contributed by atoms with Gasteiger partial charge >= 0.3 is 0 Å². The van der Waals surface area contributed by atoms with Gasteiger partial charge in [0.05, 0.1) is 11.9 Å². The second-order valence-electron chi connectivity index (χ2n) is 5.86. The summed E-state index contributed by atoms with van der Waals surface area (Å²) >= 11 is 3.54. The molecular formula is C19H15BrN4O. The molecule has 0 bridgehead atoms. The van der Waals surface area contributed by atoms with Gasteiger partial charge in [-0.25, -0.2) is 9.67 Å². The lowest BCUT2D eigenvalue weighted by Crippen LogP contribution is -2.13. The van der Waals surface area contributed by atoms with Crippen molar-refractivity contribution in [3.63, 3.8) is 0 Å². The van der Waals surface area contributed by atoms with E-state index in [9.17, 15) is 4.79 Å². The van der Waals surface area contributed by atoms with Crippen molar-refractivity contribution in [2.75, 3.05) is 0 Å². The second-order valence-corrected chi connectivity index (χ2v) is 6.72. The molecular weight excluding hydrogens is 380 g/mol. The van der Waals surface area contributed by atoms with Crippen LogP contribution in [-0.2, 0) is 6.42 Å². The second kappa shape index (κ2) is 6.29. The summed E-state index contributed by atoms with van der Waals surface area (Å²) < 4.78 is 2.72. The predicted molar refractivity (Wildman–Crippen MR) is 101 cm³/mol. The Morgan fingerprint density at radius 1 is 1.12 bits per heavy atom. The molecule has 2 aromatic carbocycles. The monoisotopic (exact) mass is 394 g/mol. The van der Waals surface area contributed by atoms with Gasteiger partial charge in [0.15, 0.2) is 5.65 Å². The quantitative estimate of drug-likeness (QED) is 0.575. The number of para-hydroxylation sites is 1. The van der Waals surface area contributed by atoms with E-state index in [0.29, 0.717) is 23.3 Å². The molecule has 0 fully saturated rings. The summed E-state index contributed by atoms with van der Waals surface area (Å²) in [5.41, 5.74) is 3.45. The average molecular weight is 395 g/mol. The Labute approximate surface area is 152 Å². The lowest BCUT2D eigenvalue weighted by molar-refractivity contribution is 0.873. The SMILES string of the molecule is Cc1ccccc1-n1ncc2c(=O)[nH]c(Cc3ccccc3Br)nc21. The summed E-state index contributed by atoms with van der Waals surface area (Å²) in [5.74, 6) is 0.611. The Kier molecular flexibility index (Phi) is 3.97. The topological polar surface area (TPSA) is 63.6 Å². The zero-order chi connectivity index (χ0) is 17.4. The number of fused-ring (bicyclic) bond motifs is 1. The standard InChI is InChI=1S/C19H15BrN4O/c1-12-6-2-5-9-16(12)24-18-14(11-21-24)19(25)23-17(22-18)10-13-7-3-4-8-15(13)20/h2-9,11H,10H2,1H3,(H,22,23,25). The van der Waals surface area contributed by atoms with E-state index in [1.807, 2.05) is 55.5 Å². The predicted octanol–water partition coefficient (Wildman–Crippen LogP) is 3.77. The van der Waals surface area contributed by atoms with Crippen molar-refractivity contribution in [2.45, 2.75) is 13.3 Å². The number of halogens is 1. The van der Waals surface area contributed by atoms with E-state index in [4.69, 9.17) is 0 Å². The van der Waals surface area contributed by atoms with Crippen LogP contribution in [0, 0.1) is 6.92 Å². The minimum Gasteiger partial charge on any atom is -0.310 e. The fourth-order valence-corrected chi connectivity index (χ4v) is 3.27. The largest absolute Gasteiger partial charge is 0.310 e. The van der Waals surface area contributed by atoms with Crippen molar-refractivity contribution in [2.24, 2.45) is 0 Å². The first-order valence-electron chi connectivity index (χ1n) is 7.90. The summed E-state index contributed by atoms with van der Waals surface area (Å²) in [6.45, 7) is 2.01. The third-order valence-corrected chi connectivity index (χ3v) is 4.92. The molecule has 0 spiro atoms. The van der Waals surface area contributed by atoms with Crippen LogP contribution in [0.4, 0.5) is 0 Å². The molecule has 0 radical (unpaired) electrons. The summed E-state index contributed by atoms with van der Waals surface area (Å²) in [5, 5.41) is 4.86. The van der Waals surface area contributed by atoms with Gasteiger partial charge in [-0.2, -0.15) is 5.10 Å². The summed E-state index contributed by atoms with van der Waals surface area (Å²) in [7, 11) is 0. The van der Waals surface area contributed by atoms with Crippen LogP contribution in [0.15, 0.2) is 64.0 Å². The van der Waals surface area contributed by atoms with Crippen molar-refractivity contribution in [3.8, 4) is 5.69 Å². The Morgan fingerprint density at radius 2 is 1.88 bits per heavy atom. The maximum absolute atomic E-state index is 12.4. The fraction of sp³-hybridized carbons (Fsp3) is 0.105. The number of nitrogens with zero attached hydrogens (tertiary/aromatic N) is 3. The van der Waals surface area contributed by atoms with Crippen molar-refractivity contribution in [1.82, 2.24) is 19.7 Å². The Hall–Kier alpha value is -2.73. The normalized spacial score (nSPS) is 11.1. The molecule has 0 saturated carbocycles. The number of aryl methyl sites for hydroxylation is 1. The highest BCUT2D eigenvalue weighted by Gasteiger charge is 2.13. The minimum absolute atomic E-state index is 0.174.